The molecule has 1 fully saturated rings. The Bertz CT molecular complexity index is 563. The number of hydrogen-bond acceptors (Lipinski definition) is 3. The average Bonchev–Trinajstić information content (AvgIpc) is 3.06. The van der Waals surface area contributed by atoms with E-state index in [1.54, 1.807) is 12.4 Å². The van der Waals surface area contributed by atoms with E-state index in [2.05, 4.69) is 5.43 Å². The first-order chi connectivity index (χ1) is 11.2. The molecule has 121 valence electrons. The molecule has 1 saturated carbocycles. The highest BCUT2D eigenvalue weighted by atomic mass is 16.2. The summed E-state index contributed by atoms with van der Waals surface area (Å²) in [5, 5.41) is 1.00. The van der Waals surface area contributed by atoms with Crippen LogP contribution in [0.15, 0.2) is 36.4 Å². The Morgan fingerprint density at radius 1 is 1.22 bits per heavy atom. The van der Waals surface area contributed by atoms with Crippen LogP contribution in [0.1, 0.15) is 37.7 Å². The summed E-state index contributed by atoms with van der Waals surface area (Å²) in [6, 6.07) is 9.34. The first kappa shape index (κ1) is 16.9. The maximum Gasteiger partial charge on any atom is 0.265 e. The van der Waals surface area contributed by atoms with E-state index in [4.69, 9.17) is 0 Å². The van der Waals surface area contributed by atoms with Crippen LogP contribution in [0.4, 0.5) is 0 Å². The Balaban J connectivity index is 1.90. The maximum absolute atomic E-state index is 12.1. The Labute approximate surface area is 136 Å². The standard InChI is InChI=1S/C18H21N2O3/c21-13-12-20(19-17(22)14-16-8-4-5-9-16)18(23)11-10-15-6-2-1-3-7-15/h1-3,6-7,10-11,16H,4-5,8-9,12,14H2,(H,19,22)/b11-10+. The smallest absolute Gasteiger partial charge is 0.265 e. The van der Waals surface area contributed by atoms with Crippen LogP contribution in [0.2, 0.25) is 0 Å². The fourth-order valence-corrected chi connectivity index (χ4v) is 2.73. The van der Waals surface area contributed by atoms with Gasteiger partial charge in [-0.15, -0.1) is 0 Å². The summed E-state index contributed by atoms with van der Waals surface area (Å²) in [6.45, 7) is -0.283. The monoisotopic (exact) mass is 313 g/mol. The zero-order valence-electron chi connectivity index (χ0n) is 13.0. The van der Waals surface area contributed by atoms with Crippen molar-refractivity contribution in [3.63, 3.8) is 0 Å². The van der Waals surface area contributed by atoms with Crippen molar-refractivity contribution < 1.29 is 14.4 Å². The highest BCUT2D eigenvalue weighted by Crippen LogP contribution is 2.27. The number of nitrogens with one attached hydrogen (secondary N) is 1. The van der Waals surface area contributed by atoms with E-state index in [1.165, 1.54) is 6.08 Å². The maximum atomic E-state index is 12.1. The van der Waals surface area contributed by atoms with Crippen LogP contribution in [0, 0.1) is 5.92 Å². The van der Waals surface area contributed by atoms with Crippen molar-refractivity contribution in [2.24, 2.45) is 5.92 Å². The lowest BCUT2D eigenvalue weighted by Gasteiger charge is -2.20. The Morgan fingerprint density at radius 3 is 2.57 bits per heavy atom. The van der Waals surface area contributed by atoms with Gasteiger partial charge in [0.1, 0.15) is 6.54 Å². The summed E-state index contributed by atoms with van der Waals surface area (Å²) in [7, 11) is 0. The number of carbonyl (C=O) groups is 2. The molecule has 0 aromatic heterocycles. The fourth-order valence-electron chi connectivity index (χ4n) is 2.73. The quantitative estimate of drug-likeness (QED) is 0.647. The van der Waals surface area contributed by atoms with Crippen LogP contribution in [-0.2, 0) is 14.4 Å². The highest BCUT2D eigenvalue weighted by Gasteiger charge is 2.20. The van der Waals surface area contributed by atoms with E-state index in [0.29, 0.717) is 12.3 Å². The lowest BCUT2D eigenvalue weighted by molar-refractivity contribution is -0.137. The minimum absolute atomic E-state index is 0.228. The molecule has 5 heteroatoms. The number of amides is 2. The summed E-state index contributed by atoms with van der Waals surface area (Å²) >= 11 is 0. The van der Waals surface area contributed by atoms with Crippen LogP contribution in [-0.4, -0.2) is 29.7 Å². The van der Waals surface area contributed by atoms with Crippen molar-refractivity contribution >= 4 is 24.2 Å². The number of nitrogens with zero attached hydrogens (tertiary/aromatic N) is 1. The summed E-state index contributed by atoms with van der Waals surface area (Å²) < 4.78 is 0. The van der Waals surface area contributed by atoms with Gasteiger partial charge in [-0.05, 0) is 30.4 Å². The number of carbonyl (C=O) groups excluding carboxylic acids is 3. The van der Waals surface area contributed by atoms with E-state index >= 15 is 0 Å². The SMILES string of the molecule is O=[C]CN(NC(=O)CC1CCCC1)C(=O)/C=C/c1ccccc1. The third-order valence-corrected chi connectivity index (χ3v) is 3.92. The van der Waals surface area contributed by atoms with Crippen molar-refractivity contribution in [1.82, 2.24) is 10.4 Å². The molecular weight excluding hydrogens is 292 g/mol. The zero-order chi connectivity index (χ0) is 16.5. The van der Waals surface area contributed by atoms with Crippen molar-refractivity contribution in [1.29, 1.82) is 0 Å². The Morgan fingerprint density at radius 2 is 1.91 bits per heavy atom. The second-order valence-electron chi connectivity index (χ2n) is 5.70. The second-order valence-corrected chi connectivity index (χ2v) is 5.70. The third-order valence-electron chi connectivity index (χ3n) is 3.92. The minimum Gasteiger partial charge on any atom is -0.289 e. The van der Waals surface area contributed by atoms with Crippen molar-refractivity contribution in [3.05, 3.63) is 42.0 Å². The molecule has 0 atom stereocenters. The molecule has 1 aromatic carbocycles. The van der Waals surface area contributed by atoms with Gasteiger partial charge in [-0.3, -0.25) is 19.8 Å². The summed E-state index contributed by atoms with van der Waals surface area (Å²) in [5.41, 5.74) is 3.38. The number of hydrazine groups is 1. The molecule has 2 amide bonds. The van der Waals surface area contributed by atoms with Crippen LogP contribution in [0.5, 0.6) is 0 Å². The van der Waals surface area contributed by atoms with E-state index in [0.717, 1.165) is 36.3 Å². The van der Waals surface area contributed by atoms with E-state index in [1.807, 2.05) is 30.3 Å². The van der Waals surface area contributed by atoms with E-state index < -0.39 is 5.91 Å². The molecule has 1 radical (unpaired) electrons. The number of hydrogen-bond donors (Lipinski definition) is 1. The molecule has 1 aromatic rings. The van der Waals surface area contributed by atoms with Crippen molar-refractivity contribution in [2.75, 3.05) is 6.54 Å². The normalized spacial score (nSPS) is 14.8. The molecular formula is C18H21N2O3. The molecule has 0 spiro atoms. The predicted molar refractivity (Wildman–Crippen MR) is 87.6 cm³/mol. The van der Waals surface area contributed by atoms with Gasteiger partial charge >= 0.3 is 0 Å². The first-order valence-electron chi connectivity index (χ1n) is 7.88. The molecule has 1 aliphatic rings. The average molecular weight is 313 g/mol. The minimum atomic E-state index is -0.447. The third kappa shape index (κ3) is 5.70. The van der Waals surface area contributed by atoms with Gasteiger partial charge in [-0.1, -0.05) is 43.2 Å². The number of benzene rings is 1. The van der Waals surface area contributed by atoms with Crippen LogP contribution >= 0.6 is 0 Å². The van der Waals surface area contributed by atoms with Gasteiger partial charge in [-0.2, -0.15) is 0 Å². The zero-order valence-corrected chi connectivity index (χ0v) is 13.0. The lowest BCUT2D eigenvalue weighted by Crippen LogP contribution is -2.46. The van der Waals surface area contributed by atoms with Gasteiger partial charge in [0.25, 0.3) is 5.91 Å². The molecule has 0 aliphatic heterocycles. The summed E-state index contributed by atoms with van der Waals surface area (Å²) in [4.78, 5) is 34.8. The fraction of sp³-hybridized carbons (Fsp3) is 0.389. The summed E-state index contributed by atoms with van der Waals surface area (Å²) in [6.07, 6.45) is 9.44. The van der Waals surface area contributed by atoms with E-state index in [-0.39, 0.29) is 12.5 Å². The van der Waals surface area contributed by atoms with Gasteiger partial charge < -0.3 is 0 Å². The second kappa shape index (κ2) is 8.88. The Hall–Kier alpha value is -2.43. The largest absolute Gasteiger partial charge is 0.289 e. The molecule has 1 aliphatic carbocycles. The molecule has 2 rings (SSSR count). The van der Waals surface area contributed by atoms with Crippen LogP contribution in [0.3, 0.4) is 0 Å². The molecule has 0 unspecified atom stereocenters. The molecule has 1 N–H and O–H groups in total. The molecule has 0 heterocycles. The first-order valence-corrected chi connectivity index (χ1v) is 7.88. The highest BCUT2D eigenvalue weighted by molar-refractivity contribution is 5.94. The van der Waals surface area contributed by atoms with Crippen molar-refractivity contribution in [3.8, 4) is 0 Å². The molecule has 0 saturated heterocycles. The van der Waals surface area contributed by atoms with Gasteiger partial charge in [-0.25, -0.2) is 5.01 Å². The van der Waals surface area contributed by atoms with E-state index in [9.17, 15) is 14.4 Å². The van der Waals surface area contributed by atoms with Crippen molar-refractivity contribution in [2.45, 2.75) is 32.1 Å². The molecule has 0 bridgehead atoms. The van der Waals surface area contributed by atoms with Gasteiger partial charge in [0.15, 0.2) is 0 Å². The Kier molecular flexibility index (Phi) is 6.54. The van der Waals surface area contributed by atoms with Gasteiger partial charge in [0, 0.05) is 12.5 Å². The molecule has 23 heavy (non-hydrogen) atoms. The predicted octanol–water partition coefficient (Wildman–Crippen LogP) is 2.25. The van der Waals surface area contributed by atoms with Gasteiger partial charge in [0.05, 0.1) is 0 Å². The topological polar surface area (TPSA) is 66.5 Å². The van der Waals surface area contributed by atoms with Crippen LogP contribution in [0.25, 0.3) is 6.08 Å². The summed E-state index contributed by atoms with van der Waals surface area (Å²) in [5.74, 6) is -0.294. The lowest BCUT2D eigenvalue weighted by atomic mass is 10.0. The van der Waals surface area contributed by atoms with Gasteiger partial charge in [0.2, 0.25) is 12.2 Å². The molecule has 5 nitrogen and oxygen atoms in total. The van der Waals surface area contributed by atoms with Crippen LogP contribution < -0.4 is 5.43 Å². The number of rotatable bonds is 6.